The van der Waals surface area contributed by atoms with Gasteiger partial charge in [-0.2, -0.15) is 0 Å². The Morgan fingerprint density at radius 3 is 2.31 bits per heavy atom. The minimum absolute atomic E-state index is 0.272. The van der Waals surface area contributed by atoms with Crippen LogP contribution in [-0.2, 0) is 16.8 Å². The first-order valence-electron chi connectivity index (χ1n) is 12.0. The van der Waals surface area contributed by atoms with E-state index in [9.17, 15) is 4.79 Å². The van der Waals surface area contributed by atoms with Crippen LogP contribution in [0.25, 0.3) is 0 Å². The summed E-state index contributed by atoms with van der Waals surface area (Å²) in [5.74, 6) is -0.272. The van der Waals surface area contributed by atoms with E-state index in [4.69, 9.17) is 17.3 Å². The normalized spacial score (nSPS) is 16.9. The molecular weight excluding hydrogens is 418 g/mol. The molecule has 0 radical (unpaired) electrons. The Bertz CT molecular complexity index is 851. The summed E-state index contributed by atoms with van der Waals surface area (Å²) in [6, 6.07) is 18.6. The molecular formula is C27H38ClN3O. The molecule has 5 heteroatoms. The molecule has 1 aliphatic heterocycles. The van der Waals surface area contributed by atoms with Crippen LogP contribution in [0.2, 0.25) is 5.02 Å². The number of benzene rings is 2. The van der Waals surface area contributed by atoms with E-state index in [1.807, 2.05) is 30.3 Å². The summed E-state index contributed by atoms with van der Waals surface area (Å²) in [4.78, 5) is 18.0. The van der Waals surface area contributed by atoms with Crippen LogP contribution in [0.15, 0.2) is 54.6 Å². The number of primary amides is 1. The van der Waals surface area contributed by atoms with Gasteiger partial charge in [-0.05, 0) is 76.4 Å². The predicted octanol–water partition coefficient (Wildman–Crippen LogP) is 5.24. The van der Waals surface area contributed by atoms with Gasteiger partial charge in [-0.25, -0.2) is 0 Å². The number of piperidine rings is 1. The van der Waals surface area contributed by atoms with E-state index >= 15 is 0 Å². The maximum absolute atomic E-state index is 13.1. The highest BCUT2D eigenvalue weighted by Gasteiger charge is 2.40. The summed E-state index contributed by atoms with van der Waals surface area (Å²) >= 11 is 6.65. The van der Waals surface area contributed by atoms with Crippen LogP contribution in [-0.4, -0.2) is 47.9 Å². The van der Waals surface area contributed by atoms with Gasteiger partial charge in [0, 0.05) is 24.2 Å². The van der Waals surface area contributed by atoms with Crippen molar-refractivity contribution in [2.45, 2.75) is 64.0 Å². The molecule has 1 atom stereocenters. The van der Waals surface area contributed by atoms with Gasteiger partial charge in [0.15, 0.2) is 0 Å². The quantitative estimate of drug-likeness (QED) is 0.504. The van der Waals surface area contributed by atoms with Gasteiger partial charge in [0.25, 0.3) is 0 Å². The zero-order chi connectivity index (χ0) is 23.0. The third-order valence-corrected chi connectivity index (χ3v) is 7.28. The molecule has 1 aliphatic rings. The Morgan fingerprint density at radius 2 is 1.69 bits per heavy atom. The van der Waals surface area contributed by atoms with E-state index in [1.54, 1.807) is 0 Å². The lowest BCUT2D eigenvalue weighted by molar-refractivity contribution is -0.124. The number of halogens is 1. The van der Waals surface area contributed by atoms with Crippen LogP contribution >= 0.6 is 11.6 Å². The van der Waals surface area contributed by atoms with Crippen molar-refractivity contribution >= 4 is 17.5 Å². The number of likely N-dealkylation sites (tertiary alicyclic amines) is 1. The van der Waals surface area contributed by atoms with Crippen molar-refractivity contribution < 1.29 is 4.79 Å². The first-order chi connectivity index (χ1) is 15.4. The molecule has 3 rings (SSSR count). The average Bonchev–Trinajstić information content (AvgIpc) is 2.80. The minimum Gasteiger partial charge on any atom is -0.369 e. The Balaban J connectivity index is 1.84. The Hall–Kier alpha value is -1.88. The maximum Gasteiger partial charge on any atom is 0.228 e. The van der Waals surface area contributed by atoms with Crippen LogP contribution in [0.1, 0.15) is 57.1 Å². The Labute approximate surface area is 198 Å². The summed E-state index contributed by atoms with van der Waals surface area (Å²) in [5, 5.41) is 0.629. The average molecular weight is 456 g/mol. The fourth-order valence-corrected chi connectivity index (χ4v) is 5.14. The van der Waals surface area contributed by atoms with E-state index in [-0.39, 0.29) is 5.91 Å². The van der Waals surface area contributed by atoms with Crippen molar-refractivity contribution in [1.82, 2.24) is 9.80 Å². The summed E-state index contributed by atoms with van der Waals surface area (Å²) in [7, 11) is 0. The zero-order valence-electron chi connectivity index (χ0n) is 19.6. The first kappa shape index (κ1) is 24.8. The number of nitrogens with zero attached hydrogens (tertiary/aromatic N) is 2. The van der Waals surface area contributed by atoms with Crippen molar-refractivity contribution in [2.75, 3.05) is 26.2 Å². The molecule has 0 aromatic heterocycles. The molecule has 2 N–H and O–H groups in total. The number of amides is 1. The Morgan fingerprint density at radius 1 is 1.03 bits per heavy atom. The monoisotopic (exact) mass is 455 g/mol. The minimum atomic E-state index is -0.778. The molecule has 4 nitrogen and oxygen atoms in total. The molecule has 32 heavy (non-hydrogen) atoms. The number of nitrogens with two attached hydrogens (primary N) is 1. The molecule has 1 heterocycles. The Kier molecular flexibility index (Phi) is 9.15. The van der Waals surface area contributed by atoms with Gasteiger partial charge in [-0.3, -0.25) is 9.69 Å². The second-order valence-electron chi connectivity index (χ2n) is 9.38. The molecule has 2 aromatic rings. The highest BCUT2D eigenvalue weighted by molar-refractivity contribution is 6.31. The van der Waals surface area contributed by atoms with Crippen LogP contribution in [0.4, 0.5) is 0 Å². The predicted molar refractivity (Wildman–Crippen MR) is 134 cm³/mol. The van der Waals surface area contributed by atoms with Gasteiger partial charge < -0.3 is 10.6 Å². The van der Waals surface area contributed by atoms with Crippen molar-refractivity contribution in [1.29, 1.82) is 0 Å². The number of hydrogen-bond acceptors (Lipinski definition) is 3. The topological polar surface area (TPSA) is 49.6 Å². The lowest BCUT2D eigenvalue weighted by atomic mass is 9.73. The molecule has 0 spiro atoms. The third kappa shape index (κ3) is 6.34. The second-order valence-corrected chi connectivity index (χ2v) is 9.79. The second kappa shape index (κ2) is 11.8. The van der Waals surface area contributed by atoms with Crippen LogP contribution in [0.3, 0.4) is 0 Å². The number of carbonyl (C=O) groups excluding carboxylic acids is 1. The fraction of sp³-hybridized carbons (Fsp3) is 0.519. The van der Waals surface area contributed by atoms with Crippen molar-refractivity contribution in [3.05, 3.63) is 70.7 Å². The van der Waals surface area contributed by atoms with E-state index < -0.39 is 5.41 Å². The van der Waals surface area contributed by atoms with Gasteiger partial charge >= 0.3 is 0 Å². The molecule has 0 unspecified atom stereocenters. The van der Waals surface area contributed by atoms with Crippen LogP contribution in [0, 0.1) is 0 Å². The third-order valence-electron chi connectivity index (χ3n) is 6.95. The lowest BCUT2D eigenvalue weighted by Gasteiger charge is -2.37. The van der Waals surface area contributed by atoms with E-state index in [0.717, 1.165) is 38.3 Å². The highest BCUT2D eigenvalue weighted by atomic mass is 35.5. The van der Waals surface area contributed by atoms with E-state index in [0.29, 0.717) is 23.9 Å². The van der Waals surface area contributed by atoms with Gasteiger partial charge in [0.05, 0.1) is 5.41 Å². The van der Waals surface area contributed by atoms with Crippen molar-refractivity contribution in [3.63, 3.8) is 0 Å². The summed E-state index contributed by atoms with van der Waals surface area (Å²) in [6.07, 6.45) is 5.11. The lowest BCUT2D eigenvalue weighted by Crippen LogP contribution is -2.47. The zero-order valence-corrected chi connectivity index (χ0v) is 20.4. The number of rotatable bonds is 11. The number of hydrogen-bond donors (Lipinski definition) is 1. The molecule has 0 bridgehead atoms. The summed E-state index contributed by atoms with van der Waals surface area (Å²) in [5.41, 5.74) is 7.54. The maximum atomic E-state index is 13.1. The van der Waals surface area contributed by atoms with Gasteiger partial charge in [0.1, 0.15) is 0 Å². The van der Waals surface area contributed by atoms with Crippen molar-refractivity contribution in [2.24, 2.45) is 5.73 Å². The first-order valence-corrected chi connectivity index (χ1v) is 12.4. The fourth-order valence-electron chi connectivity index (χ4n) is 4.83. The highest BCUT2D eigenvalue weighted by Crippen LogP contribution is 2.37. The van der Waals surface area contributed by atoms with Crippen LogP contribution in [0.5, 0.6) is 0 Å². The summed E-state index contributed by atoms with van der Waals surface area (Å²) in [6.45, 7) is 9.11. The van der Waals surface area contributed by atoms with Gasteiger partial charge in [-0.1, -0.05) is 66.6 Å². The smallest absolute Gasteiger partial charge is 0.228 e. The molecule has 1 saturated heterocycles. The summed E-state index contributed by atoms with van der Waals surface area (Å²) < 4.78 is 0. The standard InChI is InChI=1S/C27H38ClN3O/c1-22(2)31(21-23-11-5-3-6-12-23)20-16-27(26(29)32,24-13-7-8-14-25(24)28)15-19-30-17-9-4-10-18-30/h3,5-8,11-14,22H,4,9-10,15-21H2,1-2H3,(H2,29,32)/t27-/m1/s1. The van der Waals surface area contributed by atoms with Crippen LogP contribution < -0.4 is 5.73 Å². The van der Waals surface area contributed by atoms with E-state index in [1.165, 1.54) is 24.8 Å². The molecule has 2 aromatic carbocycles. The van der Waals surface area contributed by atoms with Gasteiger partial charge in [-0.15, -0.1) is 0 Å². The molecule has 174 valence electrons. The SMILES string of the molecule is CC(C)N(CC[C@@](CCN1CCCCC1)(C(N)=O)c1ccccc1Cl)Cc1ccccc1. The van der Waals surface area contributed by atoms with E-state index in [2.05, 4.69) is 47.9 Å². The molecule has 0 saturated carbocycles. The molecule has 0 aliphatic carbocycles. The largest absolute Gasteiger partial charge is 0.369 e. The van der Waals surface area contributed by atoms with Gasteiger partial charge in [0.2, 0.25) is 5.91 Å². The molecule has 1 amide bonds. The molecule has 1 fully saturated rings. The van der Waals surface area contributed by atoms with Crippen molar-refractivity contribution in [3.8, 4) is 0 Å². The number of carbonyl (C=O) groups is 1.